The fourth-order valence-corrected chi connectivity index (χ4v) is 1.88. The third-order valence-corrected chi connectivity index (χ3v) is 2.79. The zero-order chi connectivity index (χ0) is 14.4. The maximum absolute atomic E-state index is 11.3. The van der Waals surface area contributed by atoms with Gasteiger partial charge in [-0.05, 0) is 37.3 Å². The molecular weight excluding hydrogens is 254 g/mol. The van der Waals surface area contributed by atoms with Crippen LogP contribution >= 0.6 is 0 Å². The van der Waals surface area contributed by atoms with E-state index in [4.69, 9.17) is 9.47 Å². The summed E-state index contributed by atoms with van der Waals surface area (Å²) in [5.74, 6) is 0.455. The number of carbonyl (C=O) groups is 1. The van der Waals surface area contributed by atoms with Gasteiger partial charge in [0.15, 0.2) is 0 Å². The van der Waals surface area contributed by atoms with Gasteiger partial charge in [0.25, 0.3) is 0 Å². The standard InChI is InChI=1S/C16H17NO3/c1-3-20-16(18)11-9-12-8-10-14(17-12)13-6-4-5-7-15(13)19-2/h4-11,17H,3H2,1-2H3/b11-9+. The molecule has 0 radical (unpaired) electrons. The molecular formula is C16H17NO3. The molecule has 0 saturated carbocycles. The number of para-hydroxylation sites is 1. The predicted octanol–water partition coefficient (Wildman–Crippen LogP) is 3.27. The minimum atomic E-state index is -0.346. The lowest BCUT2D eigenvalue weighted by atomic mass is 10.1. The van der Waals surface area contributed by atoms with Crippen molar-refractivity contribution in [2.75, 3.05) is 13.7 Å². The summed E-state index contributed by atoms with van der Waals surface area (Å²) in [6.07, 6.45) is 3.10. The molecule has 0 aliphatic carbocycles. The summed E-state index contributed by atoms with van der Waals surface area (Å²) >= 11 is 0. The first-order chi connectivity index (χ1) is 9.74. The Balaban J connectivity index is 2.19. The average Bonchev–Trinajstić information content (AvgIpc) is 2.94. The molecule has 0 fully saturated rings. The molecule has 2 rings (SSSR count). The van der Waals surface area contributed by atoms with Crippen LogP contribution < -0.4 is 4.74 Å². The number of H-pyrrole nitrogens is 1. The lowest BCUT2D eigenvalue weighted by Crippen LogP contribution is -1.98. The van der Waals surface area contributed by atoms with E-state index in [0.717, 1.165) is 22.7 Å². The normalized spacial score (nSPS) is 10.7. The van der Waals surface area contributed by atoms with Crippen molar-refractivity contribution in [1.29, 1.82) is 0 Å². The Hall–Kier alpha value is -2.49. The van der Waals surface area contributed by atoms with Crippen molar-refractivity contribution in [2.45, 2.75) is 6.92 Å². The quantitative estimate of drug-likeness (QED) is 0.670. The van der Waals surface area contributed by atoms with Crippen LogP contribution in [0.2, 0.25) is 0 Å². The van der Waals surface area contributed by atoms with Crippen molar-refractivity contribution in [3.63, 3.8) is 0 Å². The van der Waals surface area contributed by atoms with E-state index in [1.54, 1.807) is 20.1 Å². The van der Waals surface area contributed by atoms with Crippen LogP contribution in [0.4, 0.5) is 0 Å². The first-order valence-corrected chi connectivity index (χ1v) is 6.42. The van der Waals surface area contributed by atoms with Crippen molar-refractivity contribution >= 4 is 12.0 Å². The second kappa shape index (κ2) is 6.61. The van der Waals surface area contributed by atoms with E-state index >= 15 is 0 Å². The van der Waals surface area contributed by atoms with Crippen molar-refractivity contribution in [3.05, 3.63) is 48.2 Å². The minimum absolute atomic E-state index is 0.346. The van der Waals surface area contributed by atoms with Gasteiger partial charge in [-0.1, -0.05) is 12.1 Å². The van der Waals surface area contributed by atoms with Gasteiger partial charge in [-0.3, -0.25) is 0 Å². The Bertz CT molecular complexity index is 614. The van der Waals surface area contributed by atoms with E-state index in [9.17, 15) is 4.79 Å². The van der Waals surface area contributed by atoms with Gasteiger partial charge in [-0.25, -0.2) is 4.79 Å². The molecule has 0 aliphatic heterocycles. The van der Waals surface area contributed by atoms with Crippen LogP contribution in [0.5, 0.6) is 5.75 Å². The van der Waals surface area contributed by atoms with Crippen molar-refractivity contribution < 1.29 is 14.3 Å². The Labute approximate surface area is 118 Å². The summed E-state index contributed by atoms with van der Waals surface area (Å²) < 4.78 is 10.2. The molecule has 20 heavy (non-hydrogen) atoms. The summed E-state index contributed by atoms with van der Waals surface area (Å²) in [5, 5.41) is 0. The molecule has 1 aromatic carbocycles. The van der Waals surface area contributed by atoms with Gasteiger partial charge in [0, 0.05) is 23.0 Å². The summed E-state index contributed by atoms with van der Waals surface area (Å²) in [4.78, 5) is 14.5. The van der Waals surface area contributed by atoms with Crippen LogP contribution in [0.25, 0.3) is 17.3 Å². The molecule has 2 aromatic rings. The number of aromatic nitrogens is 1. The van der Waals surface area contributed by atoms with E-state index in [-0.39, 0.29) is 5.97 Å². The Morgan fingerprint density at radius 3 is 2.80 bits per heavy atom. The average molecular weight is 271 g/mol. The third-order valence-electron chi connectivity index (χ3n) is 2.79. The molecule has 0 aliphatic rings. The number of aromatic amines is 1. The molecule has 1 N–H and O–H groups in total. The van der Waals surface area contributed by atoms with E-state index in [1.165, 1.54) is 6.08 Å². The molecule has 4 nitrogen and oxygen atoms in total. The van der Waals surface area contributed by atoms with Crippen molar-refractivity contribution in [3.8, 4) is 17.0 Å². The van der Waals surface area contributed by atoms with Gasteiger partial charge >= 0.3 is 5.97 Å². The van der Waals surface area contributed by atoms with Crippen LogP contribution in [0.15, 0.2) is 42.5 Å². The number of benzene rings is 1. The Kier molecular flexibility index (Phi) is 4.60. The van der Waals surface area contributed by atoms with Crippen LogP contribution in [0, 0.1) is 0 Å². The lowest BCUT2D eigenvalue weighted by Gasteiger charge is -2.05. The maximum atomic E-state index is 11.3. The molecule has 104 valence electrons. The highest BCUT2D eigenvalue weighted by Gasteiger charge is 2.06. The summed E-state index contributed by atoms with van der Waals surface area (Å²) in [6.45, 7) is 2.15. The van der Waals surface area contributed by atoms with Gasteiger partial charge in [0.2, 0.25) is 0 Å². The zero-order valence-corrected chi connectivity index (χ0v) is 11.6. The Morgan fingerprint density at radius 1 is 1.25 bits per heavy atom. The molecule has 0 bridgehead atoms. The topological polar surface area (TPSA) is 51.3 Å². The highest BCUT2D eigenvalue weighted by molar-refractivity contribution is 5.87. The summed E-state index contributed by atoms with van der Waals surface area (Å²) in [6, 6.07) is 11.6. The highest BCUT2D eigenvalue weighted by atomic mass is 16.5. The smallest absolute Gasteiger partial charge is 0.330 e. The minimum Gasteiger partial charge on any atom is -0.496 e. The van der Waals surface area contributed by atoms with Gasteiger partial charge in [-0.2, -0.15) is 0 Å². The summed E-state index contributed by atoms with van der Waals surface area (Å²) in [7, 11) is 1.64. The second-order valence-corrected chi connectivity index (χ2v) is 4.11. The van der Waals surface area contributed by atoms with Gasteiger partial charge in [0.05, 0.1) is 13.7 Å². The number of carbonyl (C=O) groups excluding carboxylic acids is 1. The van der Waals surface area contributed by atoms with E-state index in [1.807, 2.05) is 36.4 Å². The number of hydrogen-bond donors (Lipinski definition) is 1. The monoisotopic (exact) mass is 271 g/mol. The largest absolute Gasteiger partial charge is 0.496 e. The Morgan fingerprint density at radius 2 is 2.05 bits per heavy atom. The SMILES string of the molecule is CCOC(=O)/C=C/c1ccc(-c2ccccc2OC)[nH]1. The molecule has 0 atom stereocenters. The van der Waals surface area contributed by atoms with Gasteiger partial charge in [-0.15, -0.1) is 0 Å². The second-order valence-electron chi connectivity index (χ2n) is 4.11. The van der Waals surface area contributed by atoms with Crippen molar-refractivity contribution in [2.24, 2.45) is 0 Å². The number of rotatable bonds is 5. The fourth-order valence-electron chi connectivity index (χ4n) is 1.88. The maximum Gasteiger partial charge on any atom is 0.330 e. The predicted molar refractivity (Wildman–Crippen MR) is 78.4 cm³/mol. The lowest BCUT2D eigenvalue weighted by molar-refractivity contribution is -0.137. The molecule has 0 amide bonds. The molecule has 0 unspecified atom stereocenters. The highest BCUT2D eigenvalue weighted by Crippen LogP contribution is 2.28. The first kappa shape index (κ1) is 13.9. The number of ether oxygens (including phenoxy) is 2. The molecule has 4 heteroatoms. The van der Waals surface area contributed by atoms with Crippen LogP contribution in [0.3, 0.4) is 0 Å². The third kappa shape index (κ3) is 3.29. The van der Waals surface area contributed by atoms with E-state index < -0.39 is 0 Å². The van der Waals surface area contributed by atoms with Crippen LogP contribution in [0.1, 0.15) is 12.6 Å². The zero-order valence-electron chi connectivity index (χ0n) is 11.6. The molecule has 1 aromatic heterocycles. The molecule has 1 heterocycles. The van der Waals surface area contributed by atoms with Crippen molar-refractivity contribution in [1.82, 2.24) is 4.98 Å². The fraction of sp³-hybridized carbons (Fsp3) is 0.188. The number of nitrogens with one attached hydrogen (secondary N) is 1. The van der Waals surface area contributed by atoms with Gasteiger partial charge < -0.3 is 14.5 Å². The number of methoxy groups -OCH3 is 1. The van der Waals surface area contributed by atoms with E-state index in [2.05, 4.69) is 4.98 Å². The number of hydrogen-bond acceptors (Lipinski definition) is 3. The molecule has 0 saturated heterocycles. The first-order valence-electron chi connectivity index (χ1n) is 6.42. The molecule has 0 spiro atoms. The number of esters is 1. The van der Waals surface area contributed by atoms with E-state index in [0.29, 0.717) is 6.61 Å². The summed E-state index contributed by atoms with van der Waals surface area (Å²) in [5.41, 5.74) is 2.75. The van der Waals surface area contributed by atoms with Crippen LogP contribution in [-0.4, -0.2) is 24.7 Å². The van der Waals surface area contributed by atoms with Gasteiger partial charge in [0.1, 0.15) is 5.75 Å². The van der Waals surface area contributed by atoms with Crippen LogP contribution in [-0.2, 0) is 9.53 Å².